The third-order valence-corrected chi connectivity index (χ3v) is 3.33. The topological polar surface area (TPSA) is 94.3 Å². The number of carbonyl (C=O) groups excluding carboxylic acids is 1. The summed E-state index contributed by atoms with van der Waals surface area (Å²) in [5, 5.41) is 18.4. The van der Waals surface area contributed by atoms with Gasteiger partial charge in [0.15, 0.2) is 5.52 Å². The fourth-order valence-electron chi connectivity index (χ4n) is 2.37. The first-order chi connectivity index (χ1) is 10.1. The van der Waals surface area contributed by atoms with Crippen LogP contribution in [-0.2, 0) is 4.74 Å². The van der Waals surface area contributed by atoms with E-state index in [4.69, 9.17) is 4.74 Å². The molecule has 0 aliphatic rings. The lowest BCUT2D eigenvalue weighted by Gasteiger charge is -2.10. The van der Waals surface area contributed by atoms with E-state index in [1.807, 2.05) is 0 Å². The van der Waals surface area contributed by atoms with Gasteiger partial charge in [0.2, 0.25) is 0 Å². The molecule has 0 unspecified atom stereocenters. The van der Waals surface area contributed by atoms with Gasteiger partial charge in [-0.05, 0) is 13.0 Å². The van der Waals surface area contributed by atoms with E-state index in [1.54, 1.807) is 31.2 Å². The molecule has 7 heteroatoms. The van der Waals surface area contributed by atoms with Gasteiger partial charge in [-0.15, -0.1) is 9.83 Å². The number of nitrogens with zero attached hydrogens (tertiary/aromatic N) is 3. The fraction of sp³-hybridized carbons (Fsp3) is 0.143. The lowest BCUT2D eigenvalue weighted by Crippen LogP contribution is -2.21. The number of esters is 1. The minimum atomic E-state index is -0.735. The molecule has 21 heavy (non-hydrogen) atoms. The van der Waals surface area contributed by atoms with Crippen molar-refractivity contribution in [3.05, 3.63) is 45.9 Å². The molecule has 0 saturated carbocycles. The molecule has 0 radical (unpaired) electrons. The average Bonchev–Trinajstić information content (AvgIpc) is 2.51. The van der Waals surface area contributed by atoms with Crippen LogP contribution in [0, 0.1) is 6.92 Å². The lowest BCUT2D eigenvalue weighted by atomic mass is 10.0. The van der Waals surface area contributed by atoms with Crippen LogP contribution < -0.4 is 5.56 Å². The standard InChI is InChI=1S/C14H11N3O4/c1-7-10(14(19)21-2)11-8-5-3-4-6-9(8)17(20)13(18)12(11)16-15-7/h3-6,20H,1-2H3. The molecule has 3 aromatic rings. The monoisotopic (exact) mass is 285 g/mol. The van der Waals surface area contributed by atoms with E-state index in [2.05, 4.69) is 10.2 Å². The van der Waals surface area contributed by atoms with Crippen LogP contribution in [0.1, 0.15) is 16.1 Å². The Labute approximate surface area is 118 Å². The minimum absolute atomic E-state index is 0.0813. The molecular formula is C14H11N3O4. The van der Waals surface area contributed by atoms with Gasteiger partial charge in [-0.1, -0.05) is 18.2 Å². The first-order valence-electron chi connectivity index (χ1n) is 6.14. The third kappa shape index (κ3) is 1.74. The highest BCUT2D eigenvalue weighted by atomic mass is 16.5. The summed E-state index contributed by atoms with van der Waals surface area (Å²) >= 11 is 0. The molecular weight excluding hydrogens is 274 g/mol. The maximum atomic E-state index is 12.2. The van der Waals surface area contributed by atoms with Crippen molar-refractivity contribution in [2.45, 2.75) is 6.92 Å². The smallest absolute Gasteiger partial charge is 0.340 e. The molecule has 1 N–H and O–H groups in total. The Balaban J connectivity index is 2.68. The van der Waals surface area contributed by atoms with Crippen molar-refractivity contribution in [3.63, 3.8) is 0 Å². The molecule has 0 atom stereocenters. The maximum absolute atomic E-state index is 12.2. The molecule has 0 amide bonds. The SMILES string of the molecule is COC(=O)c1c(C)nnc2c(=O)n(O)c3ccccc3c12. The Morgan fingerprint density at radius 2 is 2.00 bits per heavy atom. The summed E-state index contributed by atoms with van der Waals surface area (Å²) in [5.74, 6) is -0.604. The number of methoxy groups -OCH3 is 1. The summed E-state index contributed by atoms with van der Waals surface area (Å²) in [6.45, 7) is 1.61. The Bertz CT molecular complexity index is 946. The molecule has 3 rings (SSSR count). The zero-order valence-corrected chi connectivity index (χ0v) is 11.3. The molecule has 0 spiro atoms. The van der Waals surface area contributed by atoms with E-state index in [1.165, 1.54) is 7.11 Å². The zero-order valence-electron chi connectivity index (χ0n) is 11.3. The summed E-state index contributed by atoms with van der Waals surface area (Å²) in [4.78, 5) is 24.2. The van der Waals surface area contributed by atoms with Gasteiger partial charge in [0.1, 0.15) is 0 Å². The second-order valence-corrected chi connectivity index (χ2v) is 4.51. The van der Waals surface area contributed by atoms with Crippen LogP contribution >= 0.6 is 0 Å². The molecule has 0 fully saturated rings. The molecule has 2 aromatic heterocycles. The first kappa shape index (κ1) is 13.0. The summed E-state index contributed by atoms with van der Waals surface area (Å²) in [7, 11) is 1.25. The van der Waals surface area contributed by atoms with Crippen LogP contribution in [0.3, 0.4) is 0 Å². The molecule has 0 bridgehead atoms. The van der Waals surface area contributed by atoms with Crippen molar-refractivity contribution in [1.29, 1.82) is 0 Å². The lowest BCUT2D eigenvalue weighted by molar-refractivity contribution is 0.0601. The first-order valence-corrected chi connectivity index (χ1v) is 6.14. The summed E-state index contributed by atoms with van der Waals surface area (Å²) in [5.41, 5.74) is 0.00194. The van der Waals surface area contributed by atoms with E-state index in [9.17, 15) is 14.8 Å². The van der Waals surface area contributed by atoms with Crippen LogP contribution in [0.2, 0.25) is 0 Å². The largest absolute Gasteiger partial charge is 0.465 e. The van der Waals surface area contributed by atoms with E-state index >= 15 is 0 Å². The fourth-order valence-corrected chi connectivity index (χ4v) is 2.37. The number of ether oxygens (including phenoxy) is 1. The van der Waals surface area contributed by atoms with Crippen molar-refractivity contribution in [3.8, 4) is 0 Å². The number of aryl methyl sites for hydroxylation is 1. The van der Waals surface area contributed by atoms with Crippen molar-refractivity contribution in [2.75, 3.05) is 7.11 Å². The number of carbonyl (C=O) groups is 1. The molecule has 0 saturated heterocycles. The second-order valence-electron chi connectivity index (χ2n) is 4.51. The van der Waals surface area contributed by atoms with Crippen LogP contribution in [0.25, 0.3) is 21.8 Å². The number of aromatic nitrogens is 3. The van der Waals surface area contributed by atoms with Crippen molar-refractivity contribution < 1.29 is 14.7 Å². The van der Waals surface area contributed by atoms with Crippen molar-refractivity contribution in [2.24, 2.45) is 0 Å². The maximum Gasteiger partial charge on any atom is 0.340 e. The molecule has 7 nitrogen and oxygen atoms in total. The Morgan fingerprint density at radius 1 is 1.29 bits per heavy atom. The summed E-state index contributed by atoms with van der Waals surface area (Å²) < 4.78 is 5.27. The molecule has 2 heterocycles. The van der Waals surface area contributed by atoms with Gasteiger partial charge in [0.05, 0.1) is 23.9 Å². The molecule has 0 aliphatic carbocycles. The molecule has 1 aromatic carbocycles. The normalized spacial score (nSPS) is 11.0. The number of para-hydroxylation sites is 1. The zero-order chi connectivity index (χ0) is 15.1. The number of benzene rings is 1. The number of fused-ring (bicyclic) bond motifs is 3. The van der Waals surface area contributed by atoms with Gasteiger partial charge in [-0.2, -0.15) is 5.10 Å². The van der Waals surface area contributed by atoms with E-state index in [-0.39, 0.29) is 16.6 Å². The van der Waals surface area contributed by atoms with Gasteiger partial charge >= 0.3 is 11.5 Å². The Morgan fingerprint density at radius 3 is 2.71 bits per heavy atom. The van der Waals surface area contributed by atoms with Gasteiger partial charge in [-0.25, -0.2) is 4.79 Å². The second kappa shape index (κ2) is 4.55. The predicted molar refractivity (Wildman–Crippen MR) is 74.6 cm³/mol. The minimum Gasteiger partial charge on any atom is -0.465 e. The van der Waals surface area contributed by atoms with Crippen LogP contribution in [-0.4, -0.2) is 33.2 Å². The van der Waals surface area contributed by atoms with Crippen molar-refractivity contribution in [1.82, 2.24) is 14.9 Å². The van der Waals surface area contributed by atoms with Gasteiger partial charge in [-0.3, -0.25) is 4.79 Å². The number of hydrogen-bond acceptors (Lipinski definition) is 6. The van der Waals surface area contributed by atoms with Crippen LogP contribution in [0.5, 0.6) is 0 Å². The average molecular weight is 285 g/mol. The highest BCUT2D eigenvalue weighted by molar-refractivity contribution is 6.14. The molecule has 106 valence electrons. The highest BCUT2D eigenvalue weighted by Gasteiger charge is 2.21. The number of rotatable bonds is 1. The van der Waals surface area contributed by atoms with E-state index in [0.29, 0.717) is 21.2 Å². The number of hydrogen-bond donors (Lipinski definition) is 1. The van der Waals surface area contributed by atoms with Crippen molar-refractivity contribution >= 4 is 27.8 Å². The quantitative estimate of drug-likeness (QED) is 0.411. The van der Waals surface area contributed by atoms with Gasteiger partial charge < -0.3 is 9.94 Å². The Kier molecular flexibility index (Phi) is 2.83. The molecule has 0 aliphatic heterocycles. The summed E-state index contributed by atoms with van der Waals surface area (Å²) in [6.07, 6.45) is 0. The predicted octanol–water partition coefficient (Wildman–Crippen LogP) is 1.28. The van der Waals surface area contributed by atoms with Gasteiger partial charge in [0.25, 0.3) is 0 Å². The summed E-state index contributed by atoms with van der Waals surface area (Å²) in [6, 6.07) is 6.69. The highest BCUT2D eigenvalue weighted by Crippen LogP contribution is 2.26. The third-order valence-electron chi connectivity index (χ3n) is 3.33. The van der Waals surface area contributed by atoms with Crippen LogP contribution in [0.4, 0.5) is 0 Å². The van der Waals surface area contributed by atoms with E-state index < -0.39 is 11.5 Å². The van der Waals surface area contributed by atoms with Gasteiger partial charge in [0, 0.05) is 10.8 Å². The van der Waals surface area contributed by atoms with E-state index in [0.717, 1.165) is 0 Å². The number of pyridine rings is 1. The van der Waals surface area contributed by atoms with Crippen LogP contribution in [0.15, 0.2) is 29.1 Å². The Hall–Kier alpha value is -2.96.